The number of carbonyl (C=O) groups is 1. The van der Waals surface area contributed by atoms with E-state index in [2.05, 4.69) is 40.5 Å². The van der Waals surface area contributed by atoms with Gasteiger partial charge in [-0.1, -0.05) is 32.0 Å². The Labute approximate surface area is 165 Å². The van der Waals surface area contributed by atoms with Gasteiger partial charge < -0.3 is 15.4 Å². The minimum Gasteiger partial charge on any atom is -0.462 e. The molecule has 0 saturated carbocycles. The van der Waals surface area contributed by atoms with Gasteiger partial charge in [-0.25, -0.2) is 14.8 Å². The van der Waals surface area contributed by atoms with Crippen molar-refractivity contribution in [2.24, 2.45) is 0 Å². The lowest BCUT2D eigenvalue weighted by Crippen LogP contribution is -2.04. The van der Waals surface area contributed by atoms with Crippen LogP contribution in [0.25, 0.3) is 0 Å². The molecule has 0 radical (unpaired) electrons. The van der Waals surface area contributed by atoms with Crippen LogP contribution in [0.5, 0.6) is 0 Å². The summed E-state index contributed by atoms with van der Waals surface area (Å²) in [5, 5.41) is 6.59. The second-order valence-corrected chi connectivity index (χ2v) is 6.58. The Balaban J connectivity index is 1.73. The van der Waals surface area contributed by atoms with Gasteiger partial charge in [0.15, 0.2) is 0 Å². The van der Waals surface area contributed by atoms with Crippen LogP contribution in [-0.2, 0) is 4.74 Å². The zero-order valence-corrected chi connectivity index (χ0v) is 16.3. The topological polar surface area (TPSA) is 76.1 Å². The largest absolute Gasteiger partial charge is 0.462 e. The lowest BCUT2D eigenvalue weighted by Gasteiger charge is -2.14. The molecule has 0 atom stereocenters. The Morgan fingerprint density at radius 2 is 1.68 bits per heavy atom. The second kappa shape index (κ2) is 8.99. The molecule has 0 bridgehead atoms. The van der Waals surface area contributed by atoms with Crippen LogP contribution in [0.3, 0.4) is 0 Å². The van der Waals surface area contributed by atoms with Gasteiger partial charge in [0.2, 0.25) is 0 Å². The summed E-state index contributed by atoms with van der Waals surface area (Å²) in [7, 11) is 0. The third-order valence-electron chi connectivity index (χ3n) is 4.18. The van der Waals surface area contributed by atoms with E-state index in [1.807, 2.05) is 36.4 Å². The molecule has 144 valence electrons. The van der Waals surface area contributed by atoms with Crippen molar-refractivity contribution in [3.05, 3.63) is 72.1 Å². The number of ether oxygens (including phenoxy) is 1. The Hall–Kier alpha value is -3.41. The standard InChI is InChI=1S/C22H24N4O2/c1-4-28-22(27)16-9-11-17(12-10-16)25-20-13-21(24-14-23-20)26-19-8-6-5-7-18(19)15(2)3/h5-15H,4H2,1-3H3,(H2,23,24,25,26). The molecule has 0 amide bonds. The maximum Gasteiger partial charge on any atom is 0.338 e. The first-order valence-electron chi connectivity index (χ1n) is 9.29. The van der Waals surface area contributed by atoms with E-state index in [4.69, 9.17) is 4.74 Å². The van der Waals surface area contributed by atoms with Crippen LogP contribution in [-0.4, -0.2) is 22.5 Å². The van der Waals surface area contributed by atoms with Gasteiger partial charge in [0.1, 0.15) is 18.0 Å². The molecule has 0 saturated heterocycles. The van der Waals surface area contributed by atoms with Gasteiger partial charge in [-0.2, -0.15) is 0 Å². The first kappa shape index (κ1) is 19.4. The Morgan fingerprint density at radius 1 is 1.00 bits per heavy atom. The fourth-order valence-corrected chi connectivity index (χ4v) is 2.80. The molecule has 2 N–H and O–H groups in total. The third-order valence-corrected chi connectivity index (χ3v) is 4.18. The van der Waals surface area contributed by atoms with Gasteiger partial charge in [0.05, 0.1) is 12.2 Å². The van der Waals surface area contributed by atoms with Crippen LogP contribution in [0.1, 0.15) is 42.6 Å². The number of rotatable bonds is 7. The predicted molar refractivity (Wildman–Crippen MR) is 112 cm³/mol. The van der Waals surface area contributed by atoms with E-state index in [1.54, 1.807) is 19.1 Å². The monoisotopic (exact) mass is 376 g/mol. The van der Waals surface area contributed by atoms with Crippen molar-refractivity contribution in [2.45, 2.75) is 26.7 Å². The van der Waals surface area contributed by atoms with Crippen molar-refractivity contribution in [1.29, 1.82) is 0 Å². The summed E-state index contributed by atoms with van der Waals surface area (Å²) >= 11 is 0. The zero-order valence-electron chi connectivity index (χ0n) is 16.3. The average Bonchev–Trinajstić information content (AvgIpc) is 2.69. The zero-order chi connectivity index (χ0) is 19.9. The Morgan fingerprint density at radius 3 is 2.36 bits per heavy atom. The molecule has 0 unspecified atom stereocenters. The van der Waals surface area contributed by atoms with Crippen LogP contribution in [0.4, 0.5) is 23.0 Å². The molecule has 0 aliphatic carbocycles. The van der Waals surface area contributed by atoms with Gasteiger partial charge in [-0.05, 0) is 48.7 Å². The van der Waals surface area contributed by atoms with E-state index in [0.717, 1.165) is 11.4 Å². The normalized spacial score (nSPS) is 10.6. The number of nitrogens with one attached hydrogen (secondary N) is 2. The lowest BCUT2D eigenvalue weighted by atomic mass is 10.0. The average molecular weight is 376 g/mol. The van der Waals surface area contributed by atoms with Crippen LogP contribution < -0.4 is 10.6 Å². The van der Waals surface area contributed by atoms with E-state index in [0.29, 0.717) is 29.7 Å². The molecular weight excluding hydrogens is 352 g/mol. The number of aromatic nitrogens is 2. The molecule has 2 aromatic carbocycles. The van der Waals surface area contributed by atoms with Gasteiger partial charge in [-0.3, -0.25) is 0 Å². The van der Waals surface area contributed by atoms with Crippen molar-refractivity contribution in [2.75, 3.05) is 17.2 Å². The number of nitrogens with zero attached hydrogens (tertiary/aromatic N) is 2. The smallest absolute Gasteiger partial charge is 0.338 e. The quantitative estimate of drug-likeness (QED) is 0.548. The summed E-state index contributed by atoms with van der Waals surface area (Å²) in [6.45, 7) is 6.46. The van der Waals surface area contributed by atoms with Gasteiger partial charge >= 0.3 is 5.97 Å². The van der Waals surface area contributed by atoms with Gasteiger partial charge in [0, 0.05) is 17.4 Å². The van der Waals surface area contributed by atoms with E-state index in [9.17, 15) is 4.79 Å². The van der Waals surface area contributed by atoms with Gasteiger partial charge in [-0.15, -0.1) is 0 Å². The molecule has 28 heavy (non-hydrogen) atoms. The highest BCUT2D eigenvalue weighted by Gasteiger charge is 2.08. The molecule has 0 aliphatic rings. The van der Waals surface area contributed by atoms with Crippen LogP contribution in [0.15, 0.2) is 60.9 Å². The van der Waals surface area contributed by atoms with Crippen molar-refractivity contribution in [3.8, 4) is 0 Å². The number of benzene rings is 2. The molecule has 0 spiro atoms. The summed E-state index contributed by atoms with van der Waals surface area (Å²) in [6.07, 6.45) is 1.51. The second-order valence-electron chi connectivity index (χ2n) is 6.58. The minimum absolute atomic E-state index is 0.327. The van der Waals surface area contributed by atoms with Crippen LogP contribution >= 0.6 is 0 Å². The highest BCUT2D eigenvalue weighted by molar-refractivity contribution is 5.89. The Kier molecular flexibility index (Phi) is 6.22. The highest BCUT2D eigenvalue weighted by atomic mass is 16.5. The third kappa shape index (κ3) is 4.85. The van der Waals surface area contributed by atoms with Crippen molar-refractivity contribution in [1.82, 2.24) is 9.97 Å². The number of hydrogen-bond donors (Lipinski definition) is 2. The van der Waals surface area contributed by atoms with Crippen LogP contribution in [0, 0.1) is 0 Å². The maximum atomic E-state index is 11.7. The predicted octanol–water partition coefficient (Wildman–Crippen LogP) is 5.26. The van der Waals surface area contributed by atoms with E-state index in [1.165, 1.54) is 11.9 Å². The molecule has 3 rings (SSSR count). The summed E-state index contributed by atoms with van der Waals surface area (Å²) in [5.41, 5.74) is 3.59. The first-order chi connectivity index (χ1) is 13.6. The van der Waals surface area contributed by atoms with E-state index >= 15 is 0 Å². The van der Waals surface area contributed by atoms with Crippen molar-refractivity contribution < 1.29 is 9.53 Å². The van der Waals surface area contributed by atoms with Gasteiger partial charge in [0.25, 0.3) is 0 Å². The molecule has 1 heterocycles. The number of carbonyl (C=O) groups excluding carboxylic acids is 1. The molecule has 3 aromatic rings. The molecule has 6 heteroatoms. The number of hydrogen-bond acceptors (Lipinski definition) is 6. The first-order valence-corrected chi connectivity index (χ1v) is 9.29. The molecule has 1 aromatic heterocycles. The van der Waals surface area contributed by atoms with Crippen LogP contribution in [0.2, 0.25) is 0 Å². The highest BCUT2D eigenvalue weighted by Crippen LogP contribution is 2.27. The van der Waals surface area contributed by atoms with E-state index in [-0.39, 0.29) is 5.97 Å². The Bertz CT molecular complexity index is 939. The molecule has 0 aliphatic heterocycles. The summed E-state index contributed by atoms with van der Waals surface area (Å²) in [6, 6.07) is 17.1. The molecule has 6 nitrogen and oxygen atoms in total. The summed E-state index contributed by atoms with van der Waals surface area (Å²) < 4.78 is 5.00. The minimum atomic E-state index is -0.327. The van der Waals surface area contributed by atoms with Crippen molar-refractivity contribution in [3.63, 3.8) is 0 Å². The van der Waals surface area contributed by atoms with E-state index < -0.39 is 0 Å². The lowest BCUT2D eigenvalue weighted by molar-refractivity contribution is 0.0526. The maximum absolute atomic E-state index is 11.7. The number of anilines is 4. The fourth-order valence-electron chi connectivity index (χ4n) is 2.80. The summed E-state index contributed by atoms with van der Waals surface area (Å²) in [4.78, 5) is 20.3. The van der Waals surface area contributed by atoms with Crippen molar-refractivity contribution >= 4 is 29.0 Å². The SMILES string of the molecule is CCOC(=O)c1ccc(Nc2cc(Nc3ccccc3C(C)C)ncn2)cc1. The fraction of sp³-hybridized carbons (Fsp3) is 0.227. The number of esters is 1. The molecular formula is C22H24N4O2. The summed E-state index contributed by atoms with van der Waals surface area (Å²) in [5.74, 6) is 1.43. The molecule has 0 fully saturated rings. The number of para-hydroxylation sites is 1.